The van der Waals surface area contributed by atoms with Crippen LogP contribution in [0.3, 0.4) is 0 Å². The number of nitrogens with zero attached hydrogens (tertiary/aromatic N) is 1. The van der Waals surface area contributed by atoms with Gasteiger partial charge in [0.05, 0.1) is 0 Å². The second-order valence-corrected chi connectivity index (χ2v) is 3.19. The fraction of sp³-hybridized carbons (Fsp3) is 0.250. The molecule has 1 heterocycles. The van der Waals surface area contributed by atoms with E-state index in [4.69, 9.17) is 0 Å². The van der Waals surface area contributed by atoms with Gasteiger partial charge in [0.25, 0.3) is 0 Å². The minimum Gasteiger partial charge on any atom is -0.346 e. The third kappa shape index (κ3) is 2.35. The van der Waals surface area contributed by atoms with E-state index in [0.29, 0.717) is 0 Å². The zero-order chi connectivity index (χ0) is 10.4. The lowest BCUT2D eigenvalue weighted by molar-refractivity contribution is 1.23. The highest BCUT2D eigenvalue weighted by molar-refractivity contribution is 6.51. The van der Waals surface area contributed by atoms with Crippen molar-refractivity contribution in [1.82, 2.24) is 0 Å². The summed E-state index contributed by atoms with van der Waals surface area (Å²) in [5, 5.41) is 0. The smallest absolute Gasteiger partial charge is 0.308 e. The van der Waals surface area contributed by atoms with Gasteiger partial charge in [0.2, 0.25) is 0 Å². The summed E-state index contributed by atoms with van der Waals surface area (Å²) < 4.78 is 0. The second-order valence-electron chi connectivity index (χ2n) is 3.19. The predicted octanol–water partition coefficient (Wildman–Crippen LogP) is 3.04. The Morgan fingerprint density at radius 3 is 2.21 bits per heavy atom. The van der Waals surface area contributed by atoms with Gasteiger partial charge in [-0.1, -0.05) is 23.7 Å². The maximum Gasteiger partial charge on any atom is 0.308 e. The van der Waals surface area contributed by atoms with Crippen molar-refractivity contribution in [1.29, 1.82) is 0 Å². The van der Waals surface area contributed by atoms with E-state index in [0.717, 1.165) is 25.0 Å². The number of allylic oxidation sites excluding steroid dienone is 5. The first-order valence-electron chi connectivity index (χ1n) is 4.78. The molecule has 0 unspecified atom stereocenters. The van der Waals surface area contributed by atoms with E-state index in [9.17, 15) is 0 Å². The zero-order valence-electron chi connectivity index (χ0n) is 8.50. The first kappa shape index (κ1) is 10.8. The molecule has 1 aliphatic heterocycles. The average molecular weight is 184 g/mol. The fourth-order valence-corrected chi connectivity index (χ4v) is 1.53. The van der Waals surface area contributed by atoms with Gasteiger partial charge in [0.1, 0.15) is 0 Å². The van der Waals surface area contributed by atoms with E-state index >= 15 is 0 Å². The predicted molar refractivity (Wildman–Crippen MR) is 64.7 cm³/mol. The summed E-state index contributed by atoms with van der Waals surface area (Å²) in [6.45, 7) is 11.2. The molecule has 1 aliphatic rings. The molecule has 0 amide bonds. The number of hydrogen-bond acceptors (Lipinski definition) is 1. The summed E-state index contributed by atoms with van der Waals surface area (Å²) >= 11 is 0. The van der Waals surface area contributed by atoms with Crippen LogP contribution in [0.2, 0.25) is 0 Å². The van der Waals surface area contributed by atoms with E-state index in [2.05, 4.69) is 24.6 Å². The standard InChI is InChI=1S/C12H15BN/c1-4-7-10-11(8-5-2)13-14-12(10)9-6-3/h4-6H,1-3,7-9H2. The minimum atomic E-state index is 0.834. The summed E-state index contributed by atoms with van der Waals surface area (Å²) in [5.74, 6) is 0. The lowest BCUT2D eigenvalue weighted by Gasteiger charge is -2.05. The highest BCUT2D eigenvalue weighted by Crippen LogP contribution is 2.22. The van der Waals surface area contributed by atoms with Crippen molar-refractivity contribution in [3.05, 3.63) is 49.0 Å². The summed E-state index contributed by atoms with van der Waals surface area (Å²) in [4.78, 5) is 4.38. The van der Waals surface area contributed by atoms with Crippen molar-refractivity contribution in [3.8, 4) is 0 Å². The Morgan fingerprint density at radius 2 is 1.64 bits per heavy atom. The molecule has 0 N–H and O–H groups in total. The van der Waals surface area contributed by atoms with Crippen molar-refractivity contribution in [3.63, 3.8) is 0 Å². The highest BCUT2D eigenvalue weighted by atomic mass is 14.7. The molecule has 2 heteroatoms. The van der Waals surface area contributed by atoms with Crippen LogP contribution in [0.25, 0.3) is 0 Å². The minimum absolute atomic E-state index is 0.834. The zero-order valence-corrected chi connectivity index (χ0v) is 8.50. The van der Waals surface area contributed by atoms with Gasteiger partial charge in [-0.3, -0.25) is 0 Å². The molecule has 0 aliphatic carbocycles. The van der Waals surface area contributed by atoms with Crippen LogP contribution in [0.15, 0.2) is 53.9 Å². The summed E-state index contributed by atoms with van der Waals surface area (Å²) in [6.07, 6.45) is 8.30. The lowest BCUT2D eigenvalue weighted by atomic mass is 9.79. The fourth-order valence-electron chi connectivity index (χ4n) is 1.53. The molecule has 0 saturated heterocycles. The van der Waals surface area contributed by atoms with Gasteiger partial charge < -0.3 is 4.90 Å². The van der Waals surface area contributed by atoms with Gasteiger partial charge in [-0.25, -0.2) is 0 Å². The molecule has 0 aromatic heterocycles. The van der Waals surface area contributed by atoms with Gasteiger partial charge in [0.15, 0.2) is 0 Å². The SMILES string of the molecule is C=CCC1=N[B]C(CC=C)=C1CC=C. The molecule has 1 rings (SSSR count). The first-order valence-corrected chi connectivity index (χ1v) is 4.78. The molecule has 1 nitrogen and oxygen atoms in total. The van der Waals surface area contributed by atoms with Crippen molar-refractivity contribution < 1.29 is 0 Å². The second kappa shape index (κ2) is 5.43. The molecule has 0 spiro atoms. The van der Waals surface area contributed by atoms with Crippen LogP contribution < -0.4 is 0 Å². The van der Waals surface area contributed by atoms with Crippen LogP contribution in [-0.2, 0) is 0 Å². The van der Waals surface area contributed by atoms with Crippen LogP contribution in [0.5, 0.6) is 0 Å². The molecular formula is C12H15BN. The van der Waals surface area contributed by atoms with Crippen LogP contribution in [0.4, 0.5) is 0 Å². The molecule has 0 atom stereocenters. The lowest BCUT2D eigenvalue weighted by Crippen LogP contribution is -1.99. The van der Waals surface area contributed by atoms with Crippen molar-refractivity contribution in [2.24, 2.45) is 4.90 Å². The van der Waals surface area contributed by atoms with Crippen LogP contribution in [0, 0.1) is 0 Å². The average Bonchev–Trinajstić information content (AvgIpc) is 2.52. The van der Waals surface area contributed by atoms with Crippen LogP contribution >= 0.6 is 0 Å². The maximum absolute atomic E-state index is 4.38. The van der Waals surface area contributed by atoms with E-state index < -0.39 is 0 Å². The molecular weight excluding hydrogens is 169 g/mol. The van der Waals surface area contributed by atoms with E-state index in [1.165, 1.54) is 11.0 Å². The maximum atomic E-state index is 4.38. The summed E-state index contributed by atoms with van der Waals surface area (Å²) in [5.41, 5.74) is 3.67. The molecule has 71 valence electrons. The van der Waals surface area contributed by atoms with Crippen LogP contribution in [0.1, 0.15) is 19.3 Å². The number of hydrogen-bond donors (Lipinski definition) is 0. The number of rotatable bonds is 6. The Morgan fingerprint density at radius 1 is 1.00 bits per heavy atom. The highest BCUT2D eigenvalue weighted by Gasteiger charge is 2.16. The summed E-state index contributed by atoms with van der Waals surface area (Å²) in [7, 11) is 1.93. The largest absolute Gasteiger partial charge is 0.346 e. The van der Waals surface area contributed by atoms with Crippen LogP contribution in [-0.4, -0.2) is 13.1 Å². The van der Waals surface area contributed by atoms with Gasteiger partial charge in [-0.15, -0.1) is 19.7 Å². The van der Waals surface area contributed by atoms with E-state index in [-0.39, 0.29) is 0 Å². The molecule has 0 fully saturated rings. The van der Waals surface area contributed by atoms with Crippen molar-refractivity contribution in [2.45, 2.75) is 19.3 Å². The summed E-state index contributed by atoms with van der Waals surface area (Å²) in [6, 6.07) is 0. The Labute approximate surface area is 86.9 Å². The quantitative estimate of drug-likeness (QED) is 0.444. The monoisotopic (exact) mass is 184 g/mol. The molecule has 0 aromatic rings. The van der Waals surface area contributed by atoms with E-state index in [1.807, 2.05) is 25.6 Å². The normalized spacial score (nSPS) is 14.7. The molecule has 0 bridgehead atoms. The molecule has 0 saturated carbocycles. The topological polar surface area (TPSA) is 12.4 Å². The van der Waals surface area contributed by atoms with Gasteiger partial charge in [-0.2, -0.15) is 0 Å². The Bertz CT molecular complexity index is 310. The van der Waals surface area contributed by atoms with E-state index in [1.54, 1.807) is 0 Å². The van der Waals surface area contributed by atoms with Crippen molar-refractivity contribution >= 4 is 13.1 Å². The van der Waals surface area contributed by atoms with Gasteiger partial charge in [0, 0.05) is 12.1 Å². The Balaban J connectivity index is 2.84. The van der Waals surface area contributed by atoms with Crippen molar-refractivity contribution in [2.75, 3.05) is 0 Å². The third-order valence-corrected chi connectivity index (χ3v) is 2.16. The third-order valence-electron chi connectivity index (χ3n) is 2.16. The first-order chi connectivity index (χ1) is 6.83. The molecule has 14 heavy (non-hydrogen) atoms. The van der Waals surface area contributed by atoms with Gasteiger partial charge >= 0.3 is 7.41 Å². The Hall–Kier alpha value is -1.31. The molecule has 0 aromatic carbocycles. The van der Waals surface area contributed by atoms with Gasteiger partial charge in [-0.05, 0) is 18.4 Å². The Kier molecular flexibility index (Phi) is 4.18. The molecule has 1 radical (unpaired) electrons.